The van der Waals surface area contributed by atoms with Crippen molar-refractivity contribution in [3.8, 4) is 6.26 Å². The molecule has 8 nitrogen and oxygen atoms in total. The monoisotopic (exact) mass is 299 g/mol. The largest absolute Gasteiger partial charge is 0.407 e. The van der Waals surface area contributed by atoms with E-state index in [-0.39, 0.29) is 6.42 Å². The summed E-state index contributed by atoms with van der Waals surface area (Å²) in [6, 6.07) is 0. The highest BCUT2D eigenvalue weighted by Crippen LogP contribution is 2.41. The van der Waals surface area contributed by atoms with Crippen LogP contribution < -0.4 is 11.2 Å². The van der Waals surface area contributed by atoms with Crippen molar-refractivity contribution in [2.75, 3.05) is 6.61 Å². The van der Waals surface area contributed by atoms with Gasteiger partial charge in [-0.05, 0) is 6.92 Å². The van der Waals surface area contributed by atoms with Crippen LogP contribution in [-0.4, -0.2) is 32.3 Å². The highest BCUT2D eigenvalue weighted by atomic mass is 32.1. The number of rotatable bonds is 3. The molecule has 1 aliphatic rings. The normalized spacial score (nSPS) is 29.1. The Morgan fingerprint density at radius 2 is 2.45 bits per heavy atom. The zero-order valence-corrected chi connectivity index (χ0v) is 11.5. The van der Waals surface area contributed by atoms with Crippen LogP contribution in [0.2, 0.25) is 0 Å². The smallest absolute Gasteiger partial charge is 0.330 e. The van der Waals surface area contributed by atoms with Gasteiger partial charge in [0.2, 0.25) is 0 Å². The van der Waals surface area contributed by atoms with Crippen molar-refractivity contribution in [1.82, 2.24) is 9.55 Å². The Kier molecular flexibility index (Phi) is 3.89. The summed E-state index contributed by atoms with van der Waals surface area (Å²) in [5, 5.41) is 17.9. The molecule has 1 saturated heterocycles. The molecule has 3 atom stereocenters. The Morgan fingerprint density at radius 1 is 1.75 bits per heavy atom. The first-order chi connectivity index (χ1) is 9.41. The lowest BCUT2D eigenvalue weighted by Crippen LogP contribution is -2.36. The number of aliphatic hydroxyl groups excluding tert-OH is 1. The van der Waals surface area contributed by atoms with Gasteiger partial charge in [0.25, 0.3) is 11.8 Å². The Hall–Kier alpha value is -1.76. The van der Waals surface area contributed by atoms with E-state index in [2.05, 4.69) is 17.6 Å². The van der Waals surface area contributed by atoms with Gasteiger partial charge < -0.3 is 14.6 Å². The fourth-order valence-corrected chi connectivity index (χ4v) is 2.40. The van der Waals surface area contributed by atoms with Gasteiger partial charge in [0.15, 0.2) is 4.93 Å². The van der Waals surface area contributed by atoms with E-state index in [4.69, 9.17) is 14.7 Å². The number of H-pyrrole nitrogens is 1. The van der Waals surface area contributed by atoms with Gasteiger partial charge in [-0.3, -0.25) is 14.3 Å². The second-order valence-corrected chi connectivity index (χ2v) is 5.24. The molecule has 9 heteroatoms. The molecule has 0 amide bonds. The van der Waals surface area contributed by atoms with Crippen molar-refractivity contribution < 1.29 is 14.6 Å². The molecular weight excluding hydrogens is 286 g/mol. The second kappa shape index (κ2) is 5.32. The Morgan fingerprint density at radius 3 is 3.05 bits per heavy atom. The van der Waals surface area contributed by atoms with E-state index in [9.17, 15) is 14.7 Å². The number of aliphatic hydroxyl groups is 1. The number of ether oxygens (including phenoxy) is 2. The summed E-state index contributed by atoms with van der Waals surface area (Å²) in [4.78, 5) is 23.9. The van der Waals surface area contributed by atoms with E-state index in [1.54, 1.807) is 6.92 Å². The zero-order valence-electron chi connectivity index (χ0n) is 10.6. The maximum Gasteiger partial charge on any atom is 0.330 e. The molecule has 1 aliphatic heterocycles. The van der Waals surface area contributed by atoms with Crippen LogP contribution in [0.5, 0.6) is 0 Å². The molecule has 0 aliphatic carbocycles. The average molecular weight is 299 g/mol. The van der Waals surface area contributed by atoms with Crippen LogP contribution >= 0.6 is 12.6 Å². The van der Waals surface area contributed by atoms with Crippen molar-refractivity contribution in [2.45, 2.75) is 30.6 Å². The number of aromatic amines is 1. The predicted molar refractivity (Wildman–Crippen MR) is 70.1 cm³/mol. The predicted octanol–water partition coefficient (Wildman–Crippen LogP) is -0.751. The van der Waals surface area contributed by atoms with Gasteiger partial charge in [-0.25, -0.2) is 4.79 Å². The van der Waals surface area contributed by atoms with Gasteiger partial charge in [0, 0.05) is 18.2 Å². The SMILES string of the molecule is Cc1cn([C@H]2C[C@@](S)(OC#N)[C@@H](CO)O2)c(=O)[nH]c1=O. The molecule has 0 bridgehead atoms. The number of aryl methyl sites for hydroxylation is 1. The Bertz CT molecular complexity index is 663. The molecule has 1 fully saturated rings. The molecular formula is C11H13N3O5S. The van der Waals surface area contributed by atoms with E-state index < -0.39 is 35.1 Å². The Labute approximate surface area is 119 Å². The van der Waals surface area contributed by atoms with E-state index in [0.717, 1.165) is 0 Å². The first kappa shape index (κ1) is 14.6. The average Bonchev–Trinajstić information content (AvgIpc) is 2.71. The minimum Gasteiger partial charge on any atom is -0.407 e. The molecule has 2 N–H and O–H groups in total. The topological polar surface area (TPSA) is 117 Å². The maximum absolute atomic E-state index is 11.8. The van der Waals surface area contributed by atoms with Crippen LogP contribution in [0.4, 0.5) is 0 Å². The van der Waals surface area contributed by atoms with Gasteiger partial charge in [-0.1, -0.05) is 0 Å². The van der Waals surface area contributed by atoms with Gasteiger partial charge in [-0.15, -0.1) is 12.6 Å². The summed E-state index contributed by atoms with van der Waals surface area (Å²) in [7, 11) is 0. The summed E-state index contributed by atoms with van der Waals surface area (Å²) < 4.78 is 11.5. The summed E-state index contributed by atoms with van der Waals surface area (Å²) in [6.07, 6.45) is 1.28. The molecule has 108 valence electrons. The minimum atomic E-state index is -1.32. The van der Waals surface area contributed by atoms with Crippen LogP contribution in [0.15, 0.2) is 15.8 Å². The summed E-state index contributed by atoms with van der Waals surface area (Å²) in [5.74, 6) is 0. The standard InChI is InChI=1S/C11H13N3O5S/c1-6-3-14(10(17)13-9(6)16)8-2-11(20,18-5-12)7(4-15)19-8/h3,7-8,15,20H,2,4H2,1H3,(H,13,16,17)/t7-,8-,11+/m1/s1. The third-order valence-electron chi connectivity index (χ3n) is 3.14. The third-order valence-corrected chi connectivity index (χ3v) is 3.70. The lowest BCUT2D eigenvalue weighted by atomic mass is 10.1. The number of thiol groups is 1. The molecule has 0 spiro atoms. The van der Waals surface area contributed by atoms with Crippen LogP contribution in [0, 0.1) is 18.4 Å². The quantitative estimate of drug-likeness (QED) is 0.384. The number of hydrogen-bond acceptors (Lipinski definition) is 7. The summed E-state index contributed by atoms with van der Waals surface area (Å²) >= 11 is 4.21. The van der Waals surface area contributed by atoms with Crippen molar-refractivity contribution in [3.05, 3.63) is 32.6 Å². The van der Waals surface area contributed by atoms with Crippen LogP contribution in [0.25, 0.3) is 0 Å². The maximum atomic E-state index is 11.8. The van der Waals surface area contributed by atoms with Crippen molar-refractivity contribution in [2.24, 2.45) is 0 Å². The molecule has 2 heterocycles. The molecule has 20 heavy (non-hydrogen) atoms. The fourth-order valence-electron chi connectivity index (χ4n) is 2.06. The van der Waals surface area contributed by atoms with Crippen LogP contribution in [0.3, 0.4) is 0 Å². The van der Waals surface area contributed by atoms with E-state index in [0.29, 0.717) is 5.56 Å². The minimum absolute atomic E-state index is 0.0697. The zero-order chi connectivity index (χ0) is 14.9. The summed E-state index contributed by atoms with van der Waals surface area (Å²) in [5.41, 5.74) is -0.781. The fraction of sp³-hybridized carbons (Fsp3) is 0.545. The highest BCUT2D eigenvalue weighted by molar-refractivity contribution is 7.81. The number of aromatic nitrogens is 2. The molecule has 0 unspecified atom stereocenters. The molecule has 1 aromatic rings. The van der Waals surface area contributed by atoms with Gasteiger partial charge in [0.05, 0.1) is 6.61 Å². The van der Waals surface area contributed by atoms with Crippen molar-refractivity contribution >= 4 is 12.6 Å². The number of nitriles is 1. The molecule has 0 radical (unpaired) electrons. The number of nitrogens with one attached hydrogen (secondary N) is 1. The van der Waals surface area contributed by atoms with Crippen molar-refractivity contribution in [1.29, 1.82) is 5.26 Å². The molecule has 2 rings (SSSR count). The van der Waals surface area contributed by atoms with Gasteiger partial charge in [-0.2, -0.15) is 5.26 Å². The van der Waals surface area contributed by atoms with Gasteiger partial charge >= 0.3 is 5.69 Å². The van der Waals surface area contributed by atoms with E-state index in [1.165, 1.54) is 17.0 Å². The lowest BCUT2D eigenvalue weighted by molar-refractivity contribution is -0.0535. The van der Waals surface area contributed by atoms with Gasteiger partial charge in [0.1, 0.15) is 12.3 Å². The first-order valence-corrected chi connectivity index (χ1v) is 6.24. The van der Waals surface area contributed by atoms with Crippen molar-refractivity contribution in [3.63, 3.8) is 0 Å². The Balaban J connectivity index is 2.37. The lowest BCUT2D eigenvalue weighted by Gasteiger charge is -2.23. The number of hydrogen-bond donors (Lipinski definition) is 3. The first-order valence-electron chi connectivity index (χ1n) is 5.79. The van der Waals surface area contributed by atoms with Crippen LogP contribution in [-0.2, 0) is 9.47 Å². The summed E-state index contributed by atoms with van der Waals surface area (Å²) in [6.45, 7) is 1.13. The third kappa shape index (κ3) is 2.45. The van der Waals surface area contributed by atoms with Crippen LogP contribution in [0.1, 0.15) is 18.2 Å². The molecule has 1 aromatic heterocycles. The highest BCUT2D eigenvalue weighted by Gasteiger charge is 2.49. The molecule has 0 saturated carbocycles. The number of nitrogens with zero attached hydrogens (tertiary/aromatic N) is 2. The van der Waals surface area contributed by atoms with E-state index >= 15 is 0 Å². The van der Waals surface area contributed by atoms with E-state index in [1.807, 2.05) is 0 Å². The second-order valence-electron chi connectivity index (χ2n) is 4.48. The molecule has 0 aromatic carbocycles.